The molecule has 0 fully saturated rings. The fourth-order valence-corrected chi connectivity index (χ4v) is 1.63. The first kappa shape index (κ1) is 9.43. The van der Waals surface area contributed by atoms with E-state index in [1.54, 1.807) is 6.07 Å². The predicted molar refractivity (Wildman–Crippen MR) is 57.3 cm³/mol. The highest BCUT2D eigenvalue weighted by Crippen LogP contribution is 2.23. The third-order valence-corrected chi connectivity index (χ3v) is 2.43. The molecule has 0 radical (unpaired) electrons. The van der Waals surface area contributed by atoms with Gasteiger partial charge in [0, 0.05) is 9.86 Å². The van der Waals surface area contributed by atoms with E-state index in [4.69, 9.17) is 10.2 Å². The molecule has 0 saturated carbocycles. The number of benzene rings is 1. The molecule has 0 aliphatic carbocycles. The second-order valence-electron chi connectivity index (χ2n) is 2.92. The monoisotopic (exact) mass is 253 g/mol. The standard InChI is InChI=1S/C10H8BrNO2/c11-7-1-2-9-6(3-7)4-10(14-9)8(13)5-12/h1-4H,5,12H2. The Labute approximate surface area is 89.0 Å². The molecule has 0 aliphatic heterocycles. The lowest BCUT2D eigenvalue weighted by Crippen LogP contribution is -2.12. The van der Waals surface area contributed by atoms with E-state index >= 15 is 0 Å². The third kappa shape index (κ3) is 1.58. The highest BCUT2D eigenvalue weighted by atomic mass is 79.9. The summed E-state index contributed by atoms with van der Waals surface area (Å²) in [5.41, 5.74) is 5.94. The van der Waals surface area contributed by atoms with Gasteiger partial charge < -0.3 is 10.2 Å². The van der Waals surface area contributed by atoms with E-state index in [-0.39, 0.29) is 12.3 Å². The van der Waals surface area contributed by atoms with Gasteiger partial charge in [0.2, 0.25) is 5.78 Å². The van der Waals surface area contributed by atoms with Gasteiger partial charge in [0.05, 0.1) is 6.54 Å². The molecule has 0 spiro atoms. The summed E-state index contributed by atoms with van der Waals surface area (Å²) in [6.45, 7) is -0.0268. The highest BCUT2D eigenvalue weighted by molar-refractivity contribution is 9.10. The van der Waals surface area contributed by atoms with E-state index in [0.29, 0.717) is 11.3 Å². The van der Waals surface area contributed by atoms with Crippen LogP contribution in [0.1, 0.15) is 10.6 Å². The molecule has 3 nitrogen and oxygen atoms in total. The lowest BCUT2D eigenvalue weighted by atomic mass is 10.2. The number of nitrogens with two attached hydrogens (primary N) is 1. The van der Waals surface area contributed by atoms with Crippen molar-refractivity contribution in [3.63, 3.8) is 0 Å². The largest absolute Gasteiger partial charge is 0.453 e. The number of carbonyl (C=O) groups is 1. The van der Waals surface area contributed by atoms with Crippen molar-refractivity contribution in [2.24, 2.45) is 5.73 Å². The summed E-state index contributed by atoms with van der Waals surface area (Å²) in [4.78, 5) is 11.2. The Balaban J connectivity index is 2.56. The van der Waals surface area contributed by atoms with Gasteiger partial charge in [0.25, 0.3) is 0 Å². The summed E-state index contributed by atoms with van der Waals surface area (Å²) in [5.74, 6) is 0.137. The van der Waals surface area contributed by atoms with Crippen LogP contribution in [0.15, 0.2) is 33.2 Å². The SMILES string of the molecule is NCC(=O)c1cc2cc(Br)ccc2o1. The van der Waals surface area contributed by atoms with Gasteiger partial charge >= 0.3 is 0 Å². The maximum Gasteiger partial charge on any atom is 0.211 e. The van der Waals surface area contributed by atoms with Crippen LogP contribution in [0.2, 0.25) is 0 Å². The van der Waals surface area contributed by atoms with Crippen LogP contribution in [0.3, 0.4) is 0 Å². The number of halogens is 1. The topological polar surface area (TPSA) is 56.2 Å². The second kappa shape index (κ2) is 3.55. The Kier molecular flexibility index (Phi) is 2.39. The lowest BCUT2D eigenvalue weighted by Gasteiger charge is -1.88. The molecule has 1 aromatic heterocycles. The van der Waals surface area contributed by atoms with Crippen molar-refractivity contribution in [1.82, 2.24) is 0 Å². The van der Waals surface area contributed by atoms with E-state index in [0.717, 1.165) is 9.86 Å². The first-order valence-corrected chi connectivity index (χ1v) is 4.92. The van der Waals surface area contributed by atoms with Gasteiger partial charge in [-0.2, -0.15) is 0 Å². The summed E-state index contributed by atoms with van der Waals surface area (Å²) < 4.78 is 6.28. The zero-order valence-corrected chi connectivity index (χ0v) is 8.87. The van der Waals surface area contributed by atoms with Gasteiger partial charge in [-0.25, -0.2) is 0 Å². The van der Waals surface area contributed by atoms with Crippen molar-refractivity contribution < 1.29 is 9.21 Å². The maximum atomic E-state index is 11.2. The van der Waals surface area contributed by atoms with E-state index < -0.39 is 0 Å². The minimum atomic E-state index is -0.183. The lowest BCUT2D eigenvalue weighted by molar-refractivity contribution is 0.0977. The third-order valence-electron chi connectivity index (χ3n) is 1.94. The zero-order valence-electron chi connectivity index (χ0n) is 7.29. The number of hydrogen-bond donors (Lipinski definition) is 1. The predicted octanol–water partition coefficient (Wildman–Crippen LogP) is 2.34. The Bertz CT molecular complexity index is 490. The van der Waals surface area contributed by atoms with Gasteiger partial charge in [-0.1, -0.05) is 15.9 Å². The Hall–Kier alpha value is -1.13. The number of carbonyl (C=O) groups excluding carboxylic acids is 1. The molecule has 0 atom stereocenters. The molecule has 0 unspecified atom stereocenters. The molecule has 0 aliphatic rings. The van der Waals surface area contributed by atoms with E-state index in [1.807, 2.05) is 18.2 Å². The Morgan fingerprint density at radius 1 is 1.43 bits per heavy atom. The van der Waals surface area contributed by atoms with Gasteiger partial charge in [0.15, 0.2) is 5.76 Å². The summed E-state index contributed by atoms with van der Waals surface area (Å²) >= 11 is 3.34. The summed E-state index contributed by atoms with van der Waals surface area (Å²) in [6.07, 6.45) is 0. The quantitative estimate of drug-likeness (QED) is 0.837. The smallest absolute Gasteiger partial charge is 0.211 e. The molecule has 2 aromatic rings. The molecule has 1 aromatic carbocycles. The first-order valence-electron chi connectivity index (χ1n) is 4.13. The van der Waals surface area contributed by atoms with E-state index in [9.17, 15) is 4.79 Å². The molecule has 72 valence electrons. The van der Waals surface area contributed by atoms with Gasteiger partial charge in [-0.05, 0) is 24.3 Å². The van der Waals surface area contributed by atoms with Crippen molar-refractivity contribution in [3.05, 3.63) is 34.5 Å². The molecule has 4 heteroatoms. The molecular formula is C10H8BrNO2. The molecule has 14 heavy (non-hydrogen) atoms. The van der Waals surface area contributed by atoms with Gasteiger partial charge in [-0.3, -0.25) is 4.79 Å². The normalized spacial score (nSPS) is 10.7. The number of furan rings is 1. The highest BCUT2D eigenvalue weighted by Gasteiger charge is 2.10. The van der Waals surface area contributed by atoms with Crippen LogP contribution < -0.4 is 5.73 Å². The average Bonchev–Trinajstić information content (AvgIpc) is 2.59. The number of ketones is 1. The summed E-state index contributed by atoms with van der Waals surface area (Å²) in [7, 11) is 0. The van der Waals surface area contributed by atoms with Crippen molar-refractivity contribution in [2.45, 2.75) is 0 Å². The van der Waals surface area contributed by atoms with Crippen molar-refractivity contribution in [3.8, 4) is 0 Å². The molecule has 2 N–H and O–H groups in total. The first-order chi connectivity index (χ1) is 6.70. The van der Waals surface area contributed by atoms with E-state index in [1.165, 1.54) is 0 Å². The van der Waals surface area contributed by atoms with Gasteiger partial charge in [-0.15, -0.1) is 0 Å². The Morgan fingerprint density at radius 3 is 2.93 bits per heavy atom. The number of rotatable bonds is 2. The van der Waals surface area contributed by atoms with Crippen molar-refractivity contribution in [1.29, 1.82) is 0 Å². The fraction of sp³-hybridized carbons (Fsp3) is 0.100. The van der Waals surface area contributed by atoms with Crippen molar-refractivity contribution in [2.75, 3.05) is 6.54 Å². The van der Waals surface area contributed by atoms with Crippen LogP contribution in [-0.4, -0.2) is 12.3 Å². The average molecular weight is 254 g/mol. The van der Waals surface area contributed by atoms with Crippen molar-refractivity contribution >= 4 is 32.7 Å². The zero-order chi connectivity index (χ0) is 10.1. The number of fused-ring (bicyclic) bond motifs is 1. The minimum Gasteiger partial charge on any atom is -0.453 e. The van der Waals surface area contributed by atoms with Gasteiger partial charge in [0.1, 0.15) is 5.58 Å². The summed E-state index contributed by atoms with van der Waals surface area (Å²) in [5, 5.41) is 0.899. The van der Waals surface area contributed by atoms with E-state index in [2.05, 4.69) is 15.9 Å². The molecule has 0 saturated heterocycles. The molecule has 0 bridgehead atoms. The fourth-order valence-electron chi connectivity index (χ4n) is 1.25. The Morgan fingerprint density at radius 2 is 2.21 bits per heavy atom. The van der Waals surface area contributed by atoms with Crippen LogP contribution in [0.25, 0.3) is 11.0 Å². The summed E-state index contributed by atoms with van der Waals surface area (Å²) in [6, 6.07) is 7.27. The second-order valence-corrected chi connectivity index (χ2v) is 3.84. The molecule has 0 amide bonds. The number of Topliss-reactive ketones (excluding diaryl/α,β-unsaturated/α-hetero) is 1. The van der Waals surface area contributed by atoms with Crippen LogP contribution in [0.5, 0.6) is 0 Å². The maximum absolute atomic E-state index is 11.2. The minimum absolute atomic E-state index is 0.0268. The number of hydrogen-bond acceptors (Lipinski definition) is 3. The van der Waals surface area contributed by atoms with Crippen LogP contribution >= 0.6 is 15.9 Å². The van der Waals surface area contributed by atoms with Crippen LogP contribution in [0, 0.1) is 0 Å². The molecule has 2 rings (SSSR count). The van der Waals surface area contributed by atoms with Crippen LogP contribution in [0.4, 0.5) is 0 Å². The van der Waals surface area contributed by atoms with Crippen LogP contribution in [-0.2, 0) is 0 Å². The molecule has 1 heterocycles. The molecular weight excluding hydrogens is 246 g/mol.